The van der Waals surface area contributed by atoms with Gasteiger partial charge in [-0.2, -0.15) is 0 Å². The van der Waals surface area contributed by atoms with E-state index in [4.69, 9.17) is 4.74 Å². The smallest absolute Gasteiger partial charge is 0.261 e. The summed E-state index contributed by atoms with van der Waals surface area (Å²) in [6, 6.07) is 20.3. The van der Waals surface area contributed by atoms with Crippen LogP contribution in [-0.4, -0.2) is 32.1 Å². The van der Waals surface area contributed by atoms with Gasteiger partial charge in [-0.15, -0.1) is 11.8 Å². The molecule has 1 saturated heterocycles. The van der Waals surface area contributed by atoms with Crippen LogP contribution in [0.15, 0.2) is 82.6 Å². The third kappa shape index (κ3) is 6.09. The van der Waals surface area contributed by atoms with Gasteiger partial charge in [-0.25, -0.2) is 13.3 Å². The van der Waals surface area contributed by atoms with Gasteiger partial charge >= 0.3 is 0 Å². The molecule has 2 amide bonds. The predicted octanol–water partition coefficient (Wildman–Crippen LogP) is 5.40. The average Bonchev–Trinajstić information content (AvgIpc) is 3.13. The first-order valence-corrected chi connectivity index (χ1v) is 14.1. The quantitative estimate of drug-likeness (QED) is 0.282. The zero-order valence-electron chi connectivity index (χ0n) is 20.1. The topological polar surface area (TPSA) is 92.8 Å². The highest BCUT2D eigenvalue weighted by molar-refractivity contribution is 8.00. The number of aryl methyl sites for hydroxylation is 1. The lowest BCUT2D eigenvalue weighted by molar-refractivity contribution is -0.121. The second kappa shape index (κ2) is 11.2. The fourth-order valence-electron chi connectivity index (χ4n) is 3.69. The standard InChI is InChI=1S/C27H28N2O5S2/c1-3-4-17-34-22-11-9-21(10-12-22)29-26(30)18-25(27(29)31)35-23-13-7-20(8-14-23)28-36(32,33)24-15-5-19(2)6-16-24/h5-16,25,28H,3-4,17-18H2,1-2H3. The average molecular weight is 525 g/mol. The molecule has 3 aromatic carbocycles. The number of carbonyl (C=O) groups is 2. The minimum absolute atomic E-state index is 0.0973. The molecule has 1 aliphatic rings. The van der Waals surface area contributed by atoms with Crippen LogP contribution in [0.3, 0.4) is 0 Å². The fraction of sp³-hybridized carbons (Fsp3) is 0.259. The zero-order valence-corrected chi connectivity index (χ0v) is 21.8. The molecule has 1 unspecified atom stereocenters. The SMILES string of the molecule is CCCCOc1ccc(N2C(=O)CC(Sc3ccc(NS(=O)(=O)c4ccc(C)cc4)cc3)C2=O)cc1. The number of nitrogens with zero attached hydrogens (tertiary/aromatic N) is 1. The van der Waals surface area contributed by atoms with Gasteiger partial charge in [-0.1, -0.05) is 31.0 Å². The Hall–Kier alpha value is -3.30. The second-order valence-corrected chi connectivity index (χ2v) is 11.5. The predicted molar refractivity (Wildman–Crippen MR) is 142 cm³/mol. The Morgan fingerprint density at radius 2 is 1.64 bits per heavy atom. The Kier molecular flexibility index (Phi) is 8.01. The molecule has 1 fully saturated rings. The number of carbonyl (C=O) groups excluding carboxylic acids is 2. The summed E-state index contributed by atoms with van der Waals surface area (Å²) in [6.07, 6.45) is 2.10. The molecule has 0 bridgehead atoms. The van der Waals surface area contributed by atoms with E-state index in [1.807, 2.05) is 6.92 Å². The molecule has 4 rings (SSSR count). The summed E-state index contributed by atoms with van der Waals surface area (Å²) in [5.41, 5.74) is 1.91. The molecule has 1 N–H and O–H groups in total. The van der Waals surface area contributed by atoms with E-state index in [1.54, 1.807) is 72.8 Å². The lowest BCUT2D eigenvalue weighted by atomic mass is 10.2. The van der Waals surface area contributed by atoms with Gasteiger partial charge in [0.1, 0.15) is 5.75 Å². The van der Waals surface area contributed by atoms with Crippen molar-refractivity contribution in [3.63, 3.8) is 0 Å². The first kappa shape index (κ1) is 25.8. The first-order chi connectivity index (χ1) is 17.3. The number of imide groups is 1. The van der Waals surface area contributed by atoms with Crippen LogP contribution in [0.2, 0.25) is 0 Å². The minimum atomic E-state index is -3.70. The monoisotopic (exact) mass is 524 g/mol. The number of ether oxygens (including phenoxy) is 1. The summed E-state index contributed by atoms with van der Waals surface area (Å²) < 4.78 is 33.4. The Morgan fingerprint density at radius 3 is 2.28 bits per heavy atom. The third-order valence-electron chi connectivity index (χ3n) is 5.68. The van der Waals surface area contributed by atoms with Gasteiger partial charge in [0.05, 0.1) is 22.4 Å². The van der Waals surface area contributed by atoms with Crippen LogP contribution in [0.1, 0.15) is 31.7 Å². The molecule has 3 aromatic rings. The van der Waals surface area contributed by atoms with Crippen LogP contribution in [0.5, 0.6) is 5.75 Å². The normalized spacial score (nSPS) is 15.8. The van der Waals surface area contributed by atoms with Crippen molar-refractivity contribution in [3.05, 3.63) is 78.4 Å². The number of rotatable bonds is 10. The van der Waals surface area contributed by atoms with Gasteiger partial charge in [-0.05, 0) is 74.0 Å². The molecule has 36 heavy (non-hydrogen) atoms. The van der Waals surface area contributed by atoms with E-state index in [-0.39, 0.29) is 23.1 Å². The van der Waals surface area contributed by atoms with Crippen LogP contribution >= 0.6 is 11.8 Å². The number of benzene rings is 3. The van der Waals surface area contributed by atoms with Crippen molar-refractivity contribution in [3.8, 4) is 5.75 Å². The molecule has 1 heterocycles. The van der Waals surface area contributed by atoms with E-state index >= 15 is 0 Å². The molecule has 0 aromatic heterocycles. The Balaban J connectivity index is 1.38. The number of hydrogen-bond donors (Lipinski definition) is 1. The molecular formula is C27H28N2O5S2. The number of hydrogen-bond acceptors (Lipinski definition) is 6. The van der Waals surface area contributed by atoms with Gasteiger partial charge < -0.3 is 4.74 Å². The van der Waals surface area contributed by atoms with E-state index in [0.717, 1.165) is 23.3 Å². The Morgan fingerprint density at radius 1 is 0.972 bits per heavy atom. The van der Waals surface area contributed by atoms with E-state index in [1.165, 1.54) is 16.7 Å². The van der Waals surface area contributed by atoms with Gasteiger partial charge in [0, 0.05) is 17.0 Å². The van der Waals surface area contributed by atoms with E-state index < -0.39 is 15.3 Å². The maximum atomic E-state index is 13.0. The van der Waals surface area contributed by atoms with Gasteiger partial charge in [0.15, 0.2) is 0 Å². The largest absolute Gasteiger partial charge is 0.494 e. The molecule has 0 spiro atoms. The van der Waals surface area contributed by atoms with E-state index in [0.29, 0.717) is 23.7 Å². The van der Waals surface area contributed by atoms with Crippen LogP contribution in [0.4, 0.5) is 11.4 Å². The molecule has 188 valence electrons. The highest BCUT2D eigenvalue weighted by atomic mass is 32.2. The summed E-state index contributed by atoms with van der Waals surface area (Å²) in [7, 11) is -3.70. The van der Waals surface area contributed by atoms with Crippen molar-refractivity contribution < 1.29 is 22.7 Å². The molecular weight excluding hydrogens is 496 g/mol. The summed E-state index contributed by atoms with van der Waals surface area (Å²) in [5, 5.41) is -0.548. The molecule has 1 atom stereocenters. The Bertz CT molecular complexity index is 1320. The first-order valence-electron chi connectivity index (χ1n) is 11.7. The summed E-state index contributed by atoms with van der Waals surface area (Å²) >= 11 is 1.29. The highest BCUT2D eigenvalue weighted by Crippen LogP contribution is 2.35. The number of anilines is 2. The van der Waals surface area contributed by atoms with Crippen molar-refractivity contribution in [2.24, 2.45) is 0 Å². The molecule has 0 aliphatic carbocycles. The maximum absolute atomic E-state index is 13.0. The molecule has 7 nitrogen and oxygen atoms in total. The summed E-state index contributed by atoms with van der Waals surface area (Å²) in [6.45, 7) is 4.61. The van der Waals surface area contributed by atoms with Crippen molar-refractivity contribution in [1.82, 2.24) is 0 Å². The van der Waals surface area contributed by atoms with Gasteiger partial charge in [0.25, 0.3) is 10.0 Å². The third-order valence-corrected chi connectivity index (χ3v) is 8.28. The maximum Gasteiger partial charge on any atom is 0.261 e. The number of sulfonamides is 1. The van der Waals surface area contributed by atoms with Crippen LogP contribution in [-0.2, 0) is 19.6 Å². The Labute approximate surface area is 215 Å². The van der Waals surface area contributed by atoms with E-state index in [9.17, 15) is 18.0 Å². The highest BCUT2D eigenvalue weighted by Gasteiger charge is 2.40. The van der Waals surface area contributed by atoms with Gasteiger partial charge in [-0.3, -0.25) is 14.3 Å². The molecule has 1 aliphatic heterocycles. The number of unbranched alkanes of at least 4 members (excludes halogenated alkanes) is 1. The van der Waals surface area contributed by atoms with Crippen molar-refractivity contribution in [1.29, 1.82) is 0 Å². The minimum Gasteiger partial charge on any atom is -0.494 e. The number of amides is 2. The van der Waals surface area contributed by atoms with Crippen LogP contribution in [0.25, 0.3) is 0 Å². The van der Waals surface area contributed by atoms with Crippen LogP contribution < -0.4 is 14.4 Å². The lowest BCUT2D eigenvalue weighted by Gasteiger charge is -2.16. The number of thioether (sulfide) groups is 1. The van der Waals surface area contributed by atoms with Crippen LogP contribution in [0, 0.1) is 6.92 Å². The van der Waals surface area contributed by atoms with Crippen molar-refractivity contribution in [2.75, 3.05) is 16.2 Å². The summed E-state index contributed by atoms with van der Waals surface area (Å²) in [5.74, 6) is 0.184. The molecule has 9 heteroatoms. The zero-order chi connectivity index (χ0) is 25.7. The molecule has 0 radical (unpaired) electrons. The van der Waals surface area contributed by atoms with Crippen molar-refractivity contribution >= 4 is 45.0 Å². The number of nitrogens with one attached hydrogen (secondary N) is 1. The van der Waals surface area contributed by atoms with Gasteiger partial charge in [0.2, 0.25) is 11.8 Å². The van der Waals surface area contributed by atoms with Crippen molar-refractivity contribution in [2.45, 2.75) is 48.2 Å². The summed E-state index contributed by atoms with van der Waals surface area (Å²) in [4.78, 5) is 27.8. The lowest BCUT2D eigenvalue weighted by Crippen LogP contribution is -2.31. The van der Waals surface area contributed by atoms with E-state index in [2.05, 4.69) is 11.6 Å². The fourth-order valence-corrected chi connectivity index (χ4v) is 5.80. The molecule has 0 saturated carbocycles. The second-order valence-electron chi connectivity index (χ2n) is 8.52.